The first-order valence-electron chi connectivity index (χ1n) is 8.20. The molecule has 1 heterocycles. The highest BCUT2D eigenvalue weighted by Crippen LogP contribution is 2.32. The summed E-state index contributed by atoms with van der Waals surface area (Å²) in [4.78, 5) is 11.3. The molecule has 1 atom stereocenters. The average Bonchev–Trinajstić information content (AvgIpc) is 2.50. The van der Waals surface area contributed by atoms with Crippen LogP contribution in [0.25, 0.3) is 0 Å². The van der Waals surface area contributed by atoms with E-state index in [2.05, 4.69) is 6.92 Å². The fraction of sp³-hybridized carbons (Fsp3) is 0.611. The fourth-order valence-corrected chi connectivity index (χ4v) is 3.07. The largest absolute Gasteiger partial charge is 0.493 e. The maximum Gasteiger partial charge on any atom is 0.336 e. The molecule has 1 aromatic rings. The molecule has 0 aromatic heterocycles. The summed E-state index contributed by atoms with van der Waals surface area (Å²) in [6.07, 6.45) is 9.76. The molecular weight excluding hydrogens is 264 g/mol. The van der Waals surface area contributed by atoms with E-state index in [4.69, 9.17) is 4.74 Å². The number of unbranched alkanes of at least 4 members (excludes halogenated alkanes) is 5. The summed E-state index contributed by atoms with van der Waals surface area (Å²) in [7, 11) is 0. The Morgan fingerprint density at radius 2 is 2.00 bits per heavy atom. The third kappa shape index (κ3) is 4.48. The first-order chi connectivity index (χ1) is 10.2. The maximum atomic E-state index is 11.3. The van der Waals surface area contributed by atoms with Gasteiger partial charge in [-0.15, -0.1) is 0 Å². The Hall–Kier alpha value is -1.51. The Morgan fingerprint density at radius 3 is 2.76 bits per heavy atom. The van der Waals surface area contributed by atoms with E-state index in [0.29, 0.717) is 11.5 Å². The van der Waals surface area contributed by atoms with Gasteiger partial charge in [-0.3, -0.25) is 0 Å². The summed E-state index contributed by atoms with van der Waals surface area (Å²) in [5.74, 6) is 0.369. The number of carboxylic acids is 1. The molecule has 0 fully saturated rings. The number of ether oxygens (including phenoxy) is 1. The second-order valence-corrected chi connectivity index (χ2v) is 6.03. The van der Waals surface area contributed by atoms with E-state index in [1.54, 1.807) is 12.1 Å². The Kier molecular flexibility index (Phi) is 6.09. The molecule has 0 amide bonds. The van der Waals surface area contributed by atoms with Crippen LogP contribution in [0.2, 0.25) is 0 Å². The lowest BCUT2D eigenvalue weighted by Crippen LogP contribution is -2.22. The quantitative estimate of drug-likeness (QED) is 0.707. The van der Waals surface area contributed by atoms with Crippen molar-refractivity contribution in [3.8, 4) is 5.75 Å². The molecule has 0 bridgehead atoms. The number of carbonyl (C=O) groups is 1. The summed E-state index contributed by atoms with van der Waals surface area (Å²) in [5.41, 5.74) is 1.28. The van der Waals surface area contributed by atoms with Crippen molar-refractivity contribution in [1.82, 2.24) is 0 Å². The molecule has 3 heteroatoms. The van der Waals surface area contributed by atoms with Crippen LogP contribution in [0.4, 0.5) is 0 Å². The zero-order valence-corrected chi connectivity index (χ0v) is 12.9. The van der Waals surface area contributed by atoms with Gasteiger partial charge in [0.25, 0.3) is 0 Å². The van der Waals surface area contributed by atoms with E-state index in [0.717, 1.165) is 30.8 Å². The van der Waals surface area contributed by atoms with Crippen LogP contribution in [0.1, 0.15) is 67.8 Å². The molecule has 0 saturated carbocycles. The van der Waals surface area contributed by atoms with Crippen molar-refractivity contribution in [1.29, 1.82) is 0 Å². The van der Waals surface area contributed by atoms with Gasteiger partial charge in [-0.05, 0) is 30.9 Å². The van der Waals surface area contributed by atoms with Crippen LogP contribution in [0.5, 0.6) is 5.75 Å². The van der Waals surface area contributed by atoms with E-state index in [-0.39, 0.29) is 0 Å². The monoisotopic (exact) mass is 290 g/mol. The summed E-state index contributed by atoms with van der Waals surface area (Å²) in [6, 6.07) is 5.32. The van der Waals surface area contributed by atoms with Crippen LogP contribution < -0.4 is 4.74 Å². The lowest BCUT2D eigenvalue weighted by atomic mass is 9.89. The number of rotatable bonds is 8. The minimum absolute atomic E-state index is 0.403. The van der Waals surface area contributed by atoms with Gasteiger partial charge in [0.2, 0.25) is 0 Å². The van der Waals surface area contributed by atoms with Crippen molar-refractivity contribution in [2.45, 2.75) is 58.3 Å². The molecule has 1 unspecified atom stereocenters. The normalized spacial score (nSPS) is 17.1. The Bertz CT molecular complexity index is 468. The Labute approximate surface area is 127 Å². The van der Waals surface area contributed by atoms with Crippen molar-refractivity contribution >= 4 is 5.97 Å². The molecular formula is C18H26O3. The second kappa shape index (κ2) is 8.06. The zero-order valence-electron chi connectivity index (χ0n) is 12.9. The van der Waals surface area contributed by atoms with Crippen molar-refractivity contribution < 1.29 is 14.6 Å². The van der Waals surface area contributed by atoms with Gasteiger partial charge < -0.3 is 9.84 Å². The standard InChI is InChI=1S/C18H26O3/c1-2-3-4-5-6-7-9-14-12-16-15(18(19)20)10-8-11-17(16)21-13-14/h8,10-11,14H,2-7,9,12-13H2,1H3,(H,19,20). The van der Waals surface area contributed by atoms with Crippen LogP contribution in [-0.2, 0) is 6.42 Å². The molecule has 1 aromatic carbocycles. The number of aromatic carboxylic acids is 1. The predicted molar refractivity (Wildman–Crippen MR) is 84.1 cm³/mol. The summed E-state index contributed by atoms with van der Waals surface area (Å²) >= 11 is 0. The lowest BCUT2D eigenvalue weighted by Gasteiger charge is -2.26. The molecule has 3 nitrogen and oxygen atoms in total. The molecule has 0 saturated heterocycles. The smallest absolute Gasteiger partial charge is 0.336 e. The Balaban J connectivity index is 1.83. The third-order valence-corrected chi connectivity index (χ3v) is 4.30. The SMILES string of the molecule is CCCCCCCCC1COc2cccc(C(=O)O)c2C1. The average molecular weight is 290 g/mol. The number of hydrogen-bond acceptors (Lipinski definition) is 2. The molecule has 21 heavy (non-hydrogen) atoms. The van der Waals surface area contributed by atoms with E-state index < -0.39 is 5.97 Å². The number of hydrogen-bond donors (Lipinski definition) is 1. The zero-order chi connectivity index (χ0) is 15.1. The van der Waals surface area contributed by atoms with E-state index >= 15 is 0 Å². The predicted octanol–water partition coefficient (Wildman–Crippen LogP) is 4.69. The van der Waals surface area contributed by atoms with Crippen LogP contribution in [0.15, 0.2) is 18.2 Å². The van der Waals surface area contributed by atoms with Gasteiger partial charge in [-0.25, -0.2) is 4.79 Å². The molecule has 0 spiro atoms. The lowest BCUT2D eigenvalue weighted by molar-refractivity contribution is 0.0693. The molecule has 1 aliphatic rings. The van der Waals surface area contributed by atoms with E-state index in [1.165, 1.54) is 38.5 Å². The maximum absolute atomic E-state index is 11.3. The molecule has 0 radical (unpaired) electrons. The minimum atomic E-state index is -0.851. The van der Waals surface area contributed by atoms with Crippen LogP contribution >= 0.6 is 0 Å². The van der Waals surface area contributed by atoms with Gasteiger partial charge in [0.05, 0.1) is 12.2 Å². The van der Waals surface area contributed by atoms with Crippen LogP contribution in [0, 0.1) is 5.92 Å². The first-order valence-corrected chi connectivity index (χ1v) is 8.20. The van der Waals surface area contributed by atoms with Crippen molar-refractivity contribution in [3.63, 3.8) is 0 Å². The third-order valence-electron chi connectivity index (χ3n) is 4.30. The second-order valence-electron chi connectivity index (χ2n) is 6.03. The van der Waals surface area contributed by atoms with Gasteiger partial charge in [0, 0.05) is 5.56 Å². The molecule has 2 rings (SSSR count). The molecule has 0 aliphatic carbocycles. The molecule has 1 N–H and O–H groups in total. The van der Waals surface area contributed by atoms with Crippen molar-refractivity contribution in [2.24, 2.45) is 5.92 Å². The van der Waals surface area contributed by atoms with Crippen LogP contribution in [0.3, 0.4) is 0 Å². The van der Waals surface area contributed by atoms with E-state index in [1.807, 2.05) is 6.07 Å². The summed E-state index contributed by atoms with van der Waals surface area (Å²) in [5, 5.41) is 9.27. The number of carboxylic acid groups (broad SMARTS) is 1. The first kappa shape index (κ1) is 15.9. The van der Waals surface area contributed by atoms with Crippen molar-refractivity contribution in [2.75, 3.05) is 6.61 Å². The highest BCUT2D eigenvalue weighted by atomic mass is 16.5. The van der Waals surface area contributed by atoms with E-state index in [9.17, 15) is 9.90 Å². The van der Waals surface area contributed by atoms with Crippen molar-refractivity contribution in [3.05, 3.63) is 29.3 Å². The van der Waals surface area contributed by atoms with Gasteiger partial charge in [-0.1, -0.05) is 51.5 Å². The number of benzene rings is 1. The molecule has 1 aliphatic heterocycles. The van der Waals surface area contributed by atoms with Crippen LogP contribution in [-0.4, -0.2) is 17.7 Å². The molecule has 116 valence electrons. The summed E-state index contributed by atoms with van der Waals surface area (Å²) in [6.45, 7) is 2.96. The fourth-order valence-electron chi connectivity index (χ4n) is 3.07. The minimum Gasteiger partial charge on any atom is -0.493 e. The Morgan fingerprint density at radius 1 is 1.24 bits per heavy atom. The van der Waals surface area contributed by atoms with Gasteiger partial charge in [-0.2, -0.15) is 0 Å². The highest BCUT2D eigenvalue weighted by Gasteiger charge is 2.24. The number of fused-ring (bicyclic) bond motifs is 1. The van der Waals surface area contributed by atoms with Gasteiger partial charge >= 0.3 is 5.97 Å². The topological polar surface area (TPSA) is 46.5 Å². The van der Waals surface area contributed by atoms with Gasteiger partial charge in [0.1, 0.15) is 5.75 Å². The highest BCUT2D eigenvalue weighted by molar-refractivity contribution is 5.90. The summed E-state index contributed by atoms with van der Waals surface area (Å²) < 4.78 is 5.76. The van der Waals surface area contributed by atoms with Gasteiger partial charge in [0.15, 0.2) is 0 Å².